The number of pyridine rings is 1. The summed E-state index contributed by atoms with van der Waals surface area (Å²) in [5.74, 6) is 0. The molecule has 0 radical (unpaired) electrons. The van der Waals surface area contributed by atoms with E-state index in [4.69, 9.17) is 0 Å². The summed E-state index contributed by atoms with van der Waals surface area (Å²) in [6, 6.07) is 10.8. The summed E-state index contributed by atoms with van der Waals surface area (Å²) in [6.07, 6.45) is 4.02. The molecule has 0 aliphatic heterocycles. The molecule has 0 spiro atoms. The van der Waals surface area contributed by atoms with Crippen LogP contribution >= 0.6 is 15.9 Å². The van der Waals surface area contributed by atoms with Crippen LogP contribution in [0.25, 0.3) is 22.2 Å². The Hall–Kier alpha value is -1.61. The Morgan fingerprint density at radius 2 is 2.06 bits per heavy atom. The quantitative estimate of drug-likeness (QED) is 0.665. The number of aryl methyl sites for hydroxylation is 2. The van der Waals surface area contributed by atoms with E-state index in [0.717, 1.165) is 23.0 Å². The monoisotopic (exact) mass is 298 g/mol. The maximum absolute atomic E-state index is 4.46. The van der Waals surface area contributed by atoms with Crippen LogP contribution in [0.15, 0.2) is 41.0 Å². The SMILES string of the molecule is Brc1cnc2[nH]c3c(c2c1)-c1ccccc1CC3. The van der Waals surface area contributed by atoms with Gasteiger partial charge in [0.05, 0.1) is 0 Å². The molecule has 1 aromatic carbocycles. The Morgan fingerprint density at radius 1 is 1.17 bits per heavy atom. The summed E-state index contributed by atoms with van der Waals surface area (Å²) in [7, 11) is 0. The molecule has 88 valence electrons. The van der Waals surface area contributed by atoms with E-state index in [0.29, 0.717) is 0 Å². The first-order valence-corrected chi connectivity index (χ1v) is 6.86. The van der Waals surface area contributed by atoms with Gasteiger partial charge in [0.2, 0.25) is 0 Å². The molecule has 2 nitrogen and oxygen atoms in total. The number of rotatable bonds is 0. The van der Waals surface area contributed by atoms with E-state index in [1.165, 1.54) is 27.8 Å². The molecule has 1 aliphatic rings. The second-order valence-electron chi connectivity index (χ2n) is 4.69. The predicted octanol–water partition coefficient (Wildman–Crippen LogP) is 4.09. The number of aromatic nitrogens is 2. The number of benzene rings is 1. The molecule has 1 N–H and O–H groups in total. The van der Waals surface area contributed by atoms with Crippen molar-refractivity contribution in [3.63, 3.8) is 0 Å². The van der Waals surface area contributed by atoms with E-state index in [9.17, 15) is 0 Å². The van der Waals surface area contributed by atoms with Crippen LogP contribution in [-0.4, -0.2) is 9.97 Å². The zero-order chi connectivity index (χ0) is 12.1. The van der Waals surface area contributed by atoms with Crippen molar-refractivity contribution in [3.05, 3.63) is 52.3 Å². The predicted molar refractivity (Wildman–Crippen MR) is 76.6 cm³/mol. The molecule has 1 aliphatic carbocycles. The van der Waals surface area contributed by atoms with Crippen molar-refractivity contribution in [2.24, 2.45) is 0 Å². The Bertz CT molecular complexity index is 758. The second kappa shape index (κ2) is 3.69. The van der Waals surface area contributed by atoms with Gasteiger partial charge in [-0.25, -0.2) is 4.98 Å². The van der Waals surface area contributed by atoms with Crippen molar-refractivity contribution in [2.75, 3.05) is 0 Å². The zero-order valence-electron chi connectivity index (χ0n) is 9.70. The molecule has 2 heterocycles. The first-order chi connectivity index (χ1) is 8.83. The Morgan fingerprint density at radius 3 is 3.00 bits per heavy atom. The lowest BCUT2D eigenvalue weighted by molar-refractivity contribution is 0.912. The van der Waals surface area contributed by atoms with E-state index < -0.39 is 0 Å². The van der Waals surface area contributed by atoms with Crippen molar-refractivity contribution in [1.29, 1.82) is 0 Å². The van der Waals surface area contributed by atoms with Gasteiger partial charge in [0, 0.05) is 27.3 Å². The maximum atomic E-state index is 4.46. The van der Waals surface area contributed by atoms with Crippen LogP contribution in [0.1, 0.15) is 11.3 Å². The largest absolute Gasteiger partial charge is 0.343 e. The van der Waals surface area contributed by atoms with E-state index in [1.54, 1.807) is 0 Å². The van der Waals surface area contributed by atoms with Crippen LogP contribution < -0.4 is 0 Å². The smallest absolute Gasteiger partial charge is 0.138 e. The minimum absolute atomic E-state index is 0.986. The van der Waals surface area contributed by atoms with Gasteiger partial charge in [0.25, 0.3) is 0 Å². The fourth-order valence-electron chi connectivity index (χ4n) is 2.83. The lowest BCUT2D eigenvalue weighted by atomic mass is 9.88. The topological polar surface area (TPSA) is 28.7 Å². The van der Waals surface area contributed by atoms with Gasteiger partial charge in [-0.05, 0) is 46.0 Å². The van der Waals surface area contributed by atoms with Gasteiger partial charge < -0.3 is 4.98 Å². The number of hydrogen-bond donors (Lipinski definition) is 1. The highest BCUT2D eigenvalue weighted by Gasteiger charge is 2.20. The molecular weight excluding hydrogens is 288 g/mol. The van der Waals surface area contributed by atoms with Crippen LogP contribution in [0.4, 0.5) is 0 Å². The number of hydrogen-bond acceptors (Lipinski definition) is 1. The van der Waals surface area contributed by atoms with Gasteiger partial charge in [-0.2, -0.15) is 0 Å². The molecule has 0 amide bonds. The first kappa shape index (κ1) is 10.3. The fourth-order valence-corrected chi connectivity index (χ4v) is 3.17. The summed E-state index contributed by atoms with van der Waals surface area (Å²) >= 11 is 3.51. The van der Waals surface area contributed by atoms with Crippen molar-refractivity contribution >= 4 is 27.0 Å². The molecule has 0 fully saturated rings. The lowest BCUT2D eigenvalue weighted by Crippen LogP contribution is -2.02. The molecule has 18 heavy (non-hydrogen) atoms. The third kappa shape index (κ3) is 1.37. The van der Waals surface area contributed by atoms with Gasteiger partial charge in [-0.3, -0.25) is 0 Å². The van der Waals surface area contributed by atoms with Crippen LogP contribution in [-0.2, 0) is 12.8 Å². The third-order valence-electron chi connectivity index (χ3n) is 3.63. The third-order valence-corrected chi connectivity index (χ3v) is 4.06. The summed E-state index contributed by atoms with van der Waals surface area (Å²) in [4.78, 5) is 7.91. The molecule has 0 saturated carbocycles. The Balaban J connectivity index is 2.13. The highest BCUT2D eigenvalue weighted by atomic mass is 79.9. The van der Waals surface area contributed by atoms with E-state index in [1.807, 2.05) is 6.20 Å². The highest BCUT2D eigenvalue weighted by molar-refractivity contribution is 9.10. The van der Waals surface area contributed by atoms with Gasteiger partial charge in [0.15, 0.2) is 0 Å². The zero-order valence-corrected chi connectivity index (χ0v) is 11.3. The average molecular weight is 299 g/mol. The standard InChI is InChI=1S/C15H11BrN2/c16-10-7-12-14-11-4-2-1-3-9(11)5-6-13(14)18-15(12)17-8-10/h1-4,7-8H,5-6H2,(H,17,18). The summed E-state index contributed by atoms with van der Waals surface area (Å²) in [5, 5.41) is 1.21. The van der Waals surface area contributed by atoms with Crippen molar-refractivity contribution in [2.45, 2.75) is 12.8 Å². The molecule has 0 atom stereocenters. The Labute approximate surface area is 113 Å². The van der Waals surface area contributed by atoms with Gasteiger partial charge in [-0.1, -0.05) is 24.3 Å². The summed E-state index contributed by atoms with van der Waals surface area (Å²) in [5.41, 5.74) is 6.42. The van der Waals surface area contributed by atoms with E-state index in [-0.39, 0.29) is 0 Å². The van der Waals surface area contributed by atoms with Gasteiger partial charge >= 0.3 is 0 Å². The minimum atomic E-state index is 0.986. The minimum Gasteiger partial charge on any atom is -0.343 e. The number of H-pyrrole nitrogens is 1. The first-order valence-electron chi connectivity index (χ1n) is 6.07. The molecule has 4 rings (SSSR count). The lowest BCUT2D eigenvalue weighted by Gasteiger charge is -2.16. The maximum Gasteiger partial charge on any atom is 0.138 e. The van der Waals surface area contributed by atoms with Crippen LogP contribution in [0.2, 0.25) is 0 Å². The van der Waals surface area contributed by atoms with Crippen molar-refractivity contribution < 1.29 is 0 Å². The number of nitrogens with one attached hydrogen (secondary N) is 1. The number of aromatic amines is 1. The number of halogens is 1. The summed E-state index contributed by atoms with van der Waals surface area (Å²) in [6.45, 7) is 0. The molecular formula is C15H11BrN2. The van der Waals surface area contributed by atoms with Crippen molar-refractivity contribution in [3.8, 4) is 11.1 Å². The number of nitrogens with zero attached hydrogens (tertiary/aromatic N) is 1. The normalized spacial score (nSPS) is 13.4. The van der Waals surface area contributed by atoms with Crippen LogP contribution in [0.3, 0.4) is 0 Å². The molecule has 0 saturated heterocycles. The van der Waals surface area contributed by atoms with Crippen molar-refractivity contribution in [1.82, 2.24) is 9.97 Å². The average Bonchev–Trinajstić information content (AvgIpc) is 2.77. The molecule has 0 unspecified atom stereocenters. The Kier molecular flexibility index (Phi) is 2.12. The second-order valence-corrected chi connectivity index (χ2v) is 5.60. The highest BCUT2D eigenvalue weighted by Crippen LogP contribution is 2.38. The van der Waals surface area contributed by atoms with Crippen LogP contribution in [0.5, 0.6) is 0 Å². The molecule has 3 aromatic rings. The van der Waals surface area contributed by atoms with Gasteiger partial charge in [-0.15, -0.1) is 0 Å². The van der Waals surface area contributed by atoms with E-state index >= 15 is 0 Å². The molecule has 0 bridgehead atoms. The van der Waals surface area contributed by atoms with E-state index in [2.05, 4.69) is 56.2 Å². The summed E-state index contributed by atoms with van der Waals surface area (Å²) < 4.78 is 1.03. The molecule has 3 heteroatoms. The fraction of sp³-hybridized carbons (Fsp3) is 0.133. The number of fused-ring (bicyclic) bond motifs is 5. The van der Waals surface area contributed by atoms with Gasteiger partial charge in [0.1, 0.15) is 5.65 Å². The van der Waals surface area contributed by atoms with Crippen LogP contribution in [0, 0.1) is 0 Å². The molecule has 2 aromatic heterocycles.